The number of benzene rings is 2. The fraction of sp³-hybridized carbons (Fsp3) is 0.320. The number of hydrogen-bond acceptors (Lipinski definition) is 3. The van der Waals surface area contributed by atoms with E-state index in [0.717, 1.165) is 35.7 Å². The van der Waals surface area contributed by atoms with Crippen LogP contribution in [-0.2, 0) is 4.79 Å². The topological polar surface area (TPSA) is 62.3 Å². The first-order valence-corrected chi connectivity index (χ1v) is 10.8. The largest absolute Gasteiger partial charge is 0.348 e. The lowest BCUT2D eigenvalue weighted by Gasteiger charge is -2.34. The van der Waals surface area contributed by atoms with E-state index in [0.29, 0.717) is 25.1 Å². The lowest BCUT2D eigenvalue weighted by Crippen LogP contribution is -2.52. The minimum absolute atomic E-state index is 0.0215. The highest BCUT2D eigenvalue weighted by Gasteiger charge is 2.50. The second kappa shape index (κ2) is 7.76. The van der Waals surface area contributed by atoms with Crippen LogP contribution in [0, 0.1) is 5.82 Å². The van der Waals surface area contributed by atoms with Crippen molar-refractivity contribution >= 4 is 22.7 Å². The molecule has 0 saturated carbocycles. The van der Waals surface area contributed by atoms with Gasteiger partial charge in [-0.05, 0) is 48.7 Å². The number of hydrogen-bond donors (Lipinski definition) is 1. The number of carbonyl (C=O) groups excluding carboxylic acids is 2. The van der Waals surface area contributed by atoms with Crippen molar-refractivity contribution in [3.05, 3.63) is 77.7 Å². The zero-order chi connectivity index (χ0) is 21.4. The van der Waals surface area contributed by atoms with Gasteiger partial charge in [-0.25, -0.2) is 4.39 Å². The molecule has 1 N–H and O–H groups in total. The molecule has 1 aromatic heterocycles. The Morgan fingerprint density at radius 1 is 1.10 bits per heavy atom. The van der Waals surface area contributed by atoms with E-state index in [2.05, 4.69) is 10.3 Å². The van der Waals surface area contributed by atoms with E-state index in [1.807, 2.05) is 35.2 Å². The van der Waals surface area contributed by atoms with Crippen molar-refractivity contribution in [3.63, 3.8) is 0 Å². The Labute approximate surface area is 180 Å². The average molecular weight is 417 g/mol. The molecule has 1 spiro atoms. The van der Waals surface area contributed by atoms with Crippen LogP contribution in [0.15, 0.2) is 60.8 Å². The summed E-state index contributed by atoms with van der Waals surface area (Å²) in [5.74, 6) is -0.432. The third kappa shape index (κ3) is 3.56. The number of halogens is 1. The molecule has 2 amide bonds. The number of aromatic nitrogens is 1. The molecule has 5 nitrogen and oxygen atoms in total. The zero-order valence-corrected chi connectivity index (χ0v) is 17.2. The van der Waals surface area contributed by atoms with E-state index in [1.54, 1.807) is 18.3 Å². The Bertz CT molecular complexity index is 1140. The molecule has 2 aliphatic heterocycles. The smallest absolute Gasteiger partial charge is 0.254 e. The zero-order valence-electron chi connectivity index (χ0n) is 17.2. The van der Waals surface area contributed by atoms with Gasteiger partial charge in [0.05, 0.1) is 11.1 Å². The molecule has 6 heteroatoms. The fourth-order valence-corrected chi connectivity index (χ4v) is 5.15. The number of pyridine rings is 1. The Hall–Kier alpha value is -3.28. The van der Waals surface area contributed by atoms with Gasteiger partial charge >= 0.3 is 0 Å². The number of carbonyl (C=O) groups is 2. The standard InChI is InChI=1S/C25H24FN3O2/c26-18-11-9-17(10-12-18)21-15-29(16-25(21)13-2-1-8-23(30)28-25)24(31)20-5-3-7-22-19(20)6-4-14-27-22/h3-7,9-12,14,21H,1-2,8,13,15-16H2,(H,28,30)/t21-,25+/m0/s1. The summed E-state index contributed by atoms with van der Waals surface area (Å²) in [6.07, 6.45) is 4.76. The molecule has 0 unspecified atom stereocenters. The minimum atomic E-state index is -0.538. The normalized spacial score (nSPS) is 23.7. The number of nitrogens with one attached hydrogen (secondary N) is 1. The maximum Gasteiger partial charge on any atom is 0.254 e. The highest BCUT2D eigenvalue weighted by Crippen LogP contribution is 2.41. The van der Waals surface area contributed by atoms with E-state index in [-0.39, 0.29) is 23.5 Å². The maximum absolute atomic E-state index is 13.6. The van der Waals surface area contributed by atoms with Gasteiger partial charge in [-0.15, -0.1) is 0 Å². The summed E-state index contributed by atoms with van der Waals surface area (Å²) in [5.41, 5.74) is 1.79. The van der Waals surface area contributed by atoms with Gasteiger partial charge in [0.25, 0.3) is 5.91 Å². The van der Waals surface area contributed by atoms with Gasteiger partial charge < -0.3 is 10.2 Å². The third-order valence-electron chi connectivity index (χ3n) is 6.64. The highest BCUT2D eigenvalue weighted by atomic mass is 19.1. The lowest BCUT2D eigenvalue weighted by molar-refractivity contribution is -0.122. The molecular formula is C25H24FN3O2. The van der Waals surface area contributed by atoms with Crippen LogP contribution in [0.2, 0.25) is 0 Å². The Kier molecular flexibility index (Phi) is 4.93. The van der Waals surface area contributed by atoms with Crippen LogP contribution in [0.4, 0.5) is 4.39 Å². The van der Waals surface area contributed by atoms with Crippen LogP contribution < -0.4 is 5.32 Å². The van der Waals surface area contributed by atoms with Gasteiger partial charge in [0.1, 0.15) is 5.82 Å². The molecule has 0 bridgehead atoms. The molecule has 3 heterocycles. The third-order valence-corrected chi connectivity index (χ3v) is 6.64. The predicted molar refractivity (Wildman–Crippen MR) is 116 cm³/mol. The predicted octanol–water partition coefficient (Wildman–Crippen LogP) is 4.04. The van der Waals surface area contributed by atoms with Gasteiger partial charge in [0, 0.05) is 42.6 Å². The first-order valence-electron chi connectivity index (χ1n) is 10.8. The molecule has 2 saturated heterocycles. The highest BCUT2D eigenvalue weighted by molar-refractivity contribution is 6.06. The van der Waals surface area contributed by atoms with E-state index >= 15 is 0 Å². The monoisotopic (exact) mass is 417 g/mol. The van der Waals surface area contributed by atoms with E-state index in [4.69, 9.17) is 0 Å². The molecule has 2 aromatic carbocycles. The Morgan fingerprint density at radius 3 is 2.77 bits per heavy atom. The molecule has 31 heavy (non-hydrogen) atoms. The quantitative estimate of drug-likeness (QED) is 0.685. The summed E-state index contributed by atoms with van der Waals surface area (Å²) < 4.78 is 13.6. The van der Waals surface area contributed by atoms with E-state index in [9.17, 15) is 14.0 Å². The van der Waals surface area contributed by atoms with Crippen molar-refractivity contribution in [1.82, 2.24) is 15.2 Å². The summed E-state index contributed by atoms with van der Waals surface area (Å²) in [4.78, 5) is 32.3. The summed E-state index contributed by atoms with van der Waals surface area (Å²) in [6.45, 7) is 0.914. The van der Waals surface area contributed by atoms with Gasteiger partial charge in [-0.2, -0.15) is 0 Å². The molecule has 5 rings (SSSR count). The molecule has 158 valence electrons. The van der Waals surface area contributed by atoms with Crippen LogP contribution >= 0.6 is 0 Å². The second-order valence-corrected chi connectivity index (χ2v) is 8.58. The number of likely N-dealkylation sites (tertiary alicyclic amines) is 1. The minimum Gasteiger partial charge on any atom is -0.348 e. The fourth-order valence-electron chi connectivity index (χ4n) is 5.15. The summed E-state index contributed by atoms with van der Waals surface area (Å²) >= 11 is 0. The lowest BCUT2D eigenvalue weighted by atomic mass is 9.79. The van der Waals surface area contributed by atoms with E-state index < -0.39 is 5.54 Å². The maximum atomic E-state index is 13.6. The molecule has 0 radical (unpaired) electrons. The van der Waals surface area contributed by atoms with Crippen LogP contribution in [0.1, 0.15) is 47.5 Å². The van der Waals surface area contributed by atoms with Gasteiger partial charge in [-0.3, -0.25) is 14.6 Å². The van der Waals surface area contributed by atoms with Crippen molar-refractivity contribution in [2.45, 2.75) is 37.1 Å². The SMILES string of the molecule is O=C1CCCC[C@]2(CN(C(=O)c3cccc4ncccc34)C[C@H]2c2ccc(F)cc2)N1. The first-order chi connectivity index (χ1) is 15.1. The molecule has 3 aromatic rings. The summed E-state index contributed by atoms with van der Waals surface area (Å²) in [5, 5.41) is 4.07. The van der Waals surface area contributed by atoms with Gasteiger partial charge in [0.15, 0.2) is 0 Å². The molecule has 2 fully saturated rings. The van der Waals surface area contributed by atoms with Crippen molar-refractivity contribution in [1.29, 1.82) is 0 Å². The Balaban J connectivity index is 1.54. The Morgan fingerprint density at radius 2 is 1.94 bits per heavy atom. The van der Waals surface area contributed by atoms with E-state index in [1.165, 1.54) is 12.1 Å². The van der Waals surface area contributed by atoms with Crippen LogP contribution in [-0.4, -0.2) is 40.3 Å². The first kappa shape index (κ1) is 19.7. The van der Waals surface area contributed by atoms with Crippen LogP contribution in [0.3, 0.4) is 0 Å². The van der Waals surface area contributed by atoms with Crippen molar-refractivity contribution in [2.75, 3.05) is 13.1 Å². The van der Waals surface area contributed by atoms with Crippen molar-refractivity contribution < 1.29 is 14.0 Å². The molecule has 2 atom stereocenters. The summed E-state index contributed by atoms with van der Waals surface area (Å²) in [7, 11) is 0. The summed E-state index contributed by atoms with van der Waals surface area (Å²) in [6, 6.07) is 15.7. The van der Waals surface area contributed by atoms with Gasteiger partial charge in [0.2, 0.25) is 5.91 Å². The number of fused-ring (bicyclic) bond motifs is 1. The number of rotatable bonds is 2. The van der Waals surface area contributed by atoms with Crippen LogP contribution in [0.25, 0.3) is 10.9 Å². The van der Waals surface area contributed by atoms with Crippen molar-refractivity contribution in [2.24, 2.45) is 0 Å². The molecular weight excluding hydrogens is 393 g/mol. The average Bonchev–Trinajstić information content (AvgIpc) is 3.04. The van der Waals surface area contributed by atoms with Crippen LogP contribution in [0.5, 0.6) is 0 Å². The van der Waals surface area contributed by atoms with Gasteiger partial charge in [-0.1, -0.05) is 30.7 Å². The number of nitrogens with zero attached hydrogens (tertiary/aromatic N) is 2. The molecule has 2 aliphatic rings. The number of amides is 2. The molecule has 0 aliphatic carbocycles. The second-order valence-electron chi connectivity index (χ2n) is 8.58. The van der Waals surface area contributed by atoms with Crippen molar-refractivity contribution in [3.8, 4) is 0 Å².